The van der Waals surface area contributed by atoms with Gasteiger partial charge in [0.15, 0.2) is 0 Å². The number of cyclic esters (lactones) is 1. The van der Waals surface area contributed by atoms with Crippen LogP contribution in [0.1, 0.15) is 145 Å². The molecule has 0 bridgehead atoms. The number of hydrogen-bond donors (Lipinski definition) is 10. The van der Waals surface area contributed by atoms with Crippen molar-refractivity contribution in [1.82, 2.24) is 46.6 Å². The van der Waals surface area contributed by atoms with Crippen LogP contribution in [0.3, 0.4) is 0 Å². The highest BCUT2D eigenvalue weighted by molar-refractivity contribution is 7.47. The van der Waals surface area contributed by atoms with Gasteiger partial charge in [-0.15, -0.1) is 0 Å². The zero-order valence-electron chi connectivity index (χ0n) is 60.1. The Hall–Kier alpha value is -7.44. The number of methoxy groups -OCH3 is 2. The largest absolute Gasteiger partial charge is 0.481 e. The molecule has 2 aromatic carbocycles. The van der Waals surface area contributed by atoms with E-state index in [0.29, 0.717) is 36.9 Å². The fourth-order valence-corrected chi connectivity index (χ4v) is 13.3. The number of aliphatic carboxylic acids is 1. The summed E-state index contributed by atoms with van der Waals surface area (Å²) >= 11 is 0. The second-order valence-corrected chi connectivity index (χ2v) is 28.4. The number of carbonyl (C=O) groups is 11. The van der Waals surface area contributed by atoms with Crippen LogP contribution in [-0.4, -0.2) is 211 Å². The quantitative estimate of drug-likeness (QED) is 0.0338. The molecule has 2 aliphatic rings. The first-order valence-corrected chi connectivity index (χ1v) is 35.3. The van der Waals surface area contributed by atoms with Crippen LogP contribution in [0.25, 0.3) is 0 Å². The van der Waals surface area contributed by atoms with Crippen LogP contribution in [0, 0.1) is 29.6 Å². The standard InChI is InChI=1S/C68H108N11O19P/c1-17-40(8)58(78(14)67(90)56(38(4)5)76-66(89)57(39(6)7)77(12)13)51(94-15)35-53(81)79-32-21-24-50(79)59(95-16)41(9)61(84)70-42(10)60(45-22-19-18-20-23-45)98-99(92,93)97-36-44-25-27-46(28-26-44)72-62(85)43(11)71-65(88)55(37(2)3)75-64(87)48(29-30-54(82)83)74-63(86)47(69)34-52(80)73-49-31-33-96-68(49)91/h18-20,22-23,25-28,37-43,47-51,55-60H,17,21,24,29-36,69H2,1-16H3,(H,70,84)(H,71,88)(H,72,85)(H,73,80)(H,74,86)(H,75,87)(H,76,89)(H,82,83)(H,92,93)/t40-,41+,42+,43-,47-,48-,49-,50-,51+,55-,56-,57-,58-,59+,60+/m0/s1. The Kier molecular flexibility index (Phi) is 33.5. The molecule has 4 rings (SSSR count). The Bertz CT molecular complexity index is 3100. The number of benzene rings is 2. The summed E-state index contributed by atoms with van der Waals surface area (Å²) in [6, 6.07) is 4.66. The second kappa shape index (κ2) is 39.5. The minimum atomic E-state index is -4.93. The molecule has 2 fully saturated rings. The van der Waals surface area contributed by atoms with Crippen molar-refractivity contribution in [2.45, 2.75) is 213 Å². The third kappa shape index (κ3) is 25.0. The zero-order chi connectivity index (χ0) is 74.3. The predicted molar refractivity (Wildman–Crippen MR) is 366 cm³/mol. The number of phosphoric acid groups is 1. The topological polar surface area (TPSA) is 411 Å². The Morgan fingerprint density at radius 1 is 0.737 bits per heavy atom. The summed E-state index contributed by atoms with van der Waals surface area (Å²) in [5.74, 6) is -9.24. The van der Waals surface area contributed by atoms with Gasteiger partial charge in [0.2, 0.25) is 53.2 Å². The molecule has 16 atom stereocenters. The van der Waals surface area contributed by atoms with Gasteiger partial charge in [-0.2, -0.15) is 0 Å². The average molecular weight is 1410 g/mol. The van der Waals surface area contributed by atoms with Crippen LogP contribution in [-0.2, 0) is 87.2 Å². The molecule has 554 valence electrons. The third-order valence-corrected chi connectivity index (χ3v) is 19.0. The zero-order valence-corrected chi connectivity index (χ0v) is 61.0. The van der Waals surface area contributed by atoms with Gasteiger partial charge in [-0.3, -0.25) is 61.9 Å². The van der Waals surface area contributed by atoms with E-state index in [0.717, 1.165) is 0 Å². The Morgan fingerprint density at radius 3 is 1.91 bits per heavy atom. The number of carbonyl (C=O) groups excluding carboxylic acids is 10. The van der Waals surface area contributed by atoms with Gasteiger partial charge in [-0.05, 0) is 94.1 Å². The van der Waals surface area contributed by atoms with Crippen molar-refractivity contribution in [2.75, 3.05) is 53.8 Å². The molecule has 2 saturated heterocycles. The molecule has 30 nitrogen and oxygen atoms in total. The summed E-state index contributed by atoms with van der Waals surface area (Å²) in [5, 5.41) is 27.8. The Morgan fingerprint density at radius 2 is 1.36 bits per heavy atom. The van der Waals surface area contributed by atoms with Gasteiger partial charge < -0.3 is 77.0 Å². The van der Waals surface area contributed by atoms with Crippen molar-refractivity contribution in [3.63, 3.8) is 0 Å². The van der Waals surface area contributed by atoms with E-state index in [-0.39, 0.29) is 60.6 Å². The highest BCUT2D eigenvalue weighted by atomic mass is 31.2. The normalized spacial score (nSPS) is 19.3. The van der Waals surface area contributed by atoms with E-state index < -0.39 is 172 Å². The van der Waals surface area contributed by atoms with Crippen molar-refractivity contribution in [2.24, 2.45) is 35.3 Å². The first-order chi connectivity index (χ1) is 46.5. The number of carboxylic acid groups (broad SMARTS) is 1. The van der Waals surface area contributed by atoms with Gasteiger partial charge in [-0.1, -0.05) is 111 Å². The van der Waals surface area contributed by atoms with Gasteiger partial charge in [0, 0.05) is 46.3 Å². The highest BCUT2D eigenvalue weighted by Gasteiger charge is 2.45. The number of esters is 1. The maximum absolute atomic E-state index is 14.6. The summed E-state index contributed by atoms with van der Waals surface area (Å²) in [6.45, 7) is 19.5. The lowest BCUT2D eigenvalue weighted by atomic mass is 9.89. The number of nitrogens with zero attached hydrogens (tertiary/aromatic N) is 3. The minimum absolute atomic E-state index is 0.0189. The molecule has 2 heterocycles. The maximum Gasteiger partial charge on any atom is 0.473 e. The van der Waals surface area contributed by atoms with E-state index in [1.54, 1.807) is 74.9 Å². The Labute approximate surface area is 581 Å². The molecular weight excluding hydrogens is 1310 g/mol. The Balaban J connectivity index is 1.38. The lowest BCUT2D eigenvalue weighted by Gasteiger charge is -2.41. The first kappa shape index (κ1) is 84.0. The van der Waals surface area contributed by atoms with Crippen LogP contribution in [0.5, 0.6) is 0 Å². The molecule has 99 heavy (non-hydrogen) atoms. The number of likely N-dealkylation sites (tertiary alicyclic amines) is 1. The van der Waals surface area contributed by atoms with Crippen LogP contribution in [0.4, 0.5) is 5.69 Å². The molecule has 0 spiro atoms. The van der Waals surface area contributed by atoms with Crippen molar-refractivity contribution < 1.29 is 90.6 Å². The number of amides is 9. The summed E-state index contributed by atoms with van der Waals surface area (Å²) in [5.41, 5.74) is 7.01. The lowest BCUT2D eigenvalue weighted by Crippen LogP contribution is -2.59. The fraction of sp³-hybridized carbons (Fsp3) is 0.662. The number of nitrogens with one attached hydrogen (secondary N) is 7. The molecule has 31 heteroatoms. The molecule has 9 amide bonds. The van der Waals surface area contributed by atoms with E-state index in [1.165, 1.54) is 45.4 Å². The molecule has 1 unspecified atom stereocenters. The summed E-state index contributed by atoms with van der Waals surface area (Å²) < 4.78 is 42.1. The number of phosphoric ester groups is 1. The molecule has 0 radical (unpaired) electrons. The van der Waals surface area contributed by atoms with E-state index in [4.69, 9.17) is 29.0 Å². The number of rotatable bonds is 40. The SMILES string of the molecule is CC[C@H](C)[C@@H]([C@@H](CC(=O)N1CCC[C@H]1[C@H](OC)[C@@H](C)C(=O)N[C@H](C)[C@@H](OP(=O)(O)OCc1ccc(NC(=O)[C@H](C)NC(=O)[C@@H](NC(=O)[C@H](CCC(=O)O)NC(=O)[C@@H](N)CC(=O)N[C@H]2CCOC2=O)C(C)C)cc1)c1ccccc1)OC)N(C)C(=O)[C@@H](NC(=O)[C@H](C(C)C)N(C)C)C(C)C. The number of nitrogens with two attached hydrogens (primary N) is 1. The summed E-state index contributed by atoms with van der Waals surface area (Å²) in [7, 11) is 3.37. The van der Waals surface area contributed by atoms with Gasteiger partial charge >= 0.3 is 19.8 Å². The van der Waals surface area contributed by atoms with E-state index >= 15 is 0 Å². The third-order valence-electron chi connectivity index (χ3n) is 18.1. The van der Waals surface area contributed by atoms with Crippen LogP contribution >= 0.6 is 7.82 Å². The number of carboxylic acids is 1. The monoisotopic (exact) mass is 1410 g/mol. The first-order valence-electron chi connectivity index (χ1n) is 33.8. The molecule has 2 aromatic rings. The van der Waals surface area contributed by atoms with Crippen LogP contribution in [0.15, 0.2) is 54.6 Å². The number of anilines is 1. The van der Waals surface area contributed by atoms with E-state index in [1.807, 2.05) is 60.5 Å². The summed E-state index contributed by atoms with van der Waals surface area (Å²) in [4.78, 5) is 163. The average Bonchev–Trinajstić information content (AvgIpc) is 1.78. The molecular formula is C68H108N11O19P. The maximum atomic E-state index is 14.6. The van der Waals surface area contributed by atoms with Crippen molar-refractivity contribution in [1.29, 1.82) is 0 Å². The van der Waals surface area contributed by atoms with Crippen molar-refractivity contribution in [3.05, 3.63) is 65.7 Å². The molecule has 0 aromatic heterocycles. The number of likely N-dealkylation sites (N-methyl/N-ethyl adjacent to an activating group) is 2. The van der Waals surface area contributed by atoms with E-state index in [2.05, 4.69) is 37.2 Å². The summed E-state index contributed by atoms with van der Waals surface area (Å²) in [6.07, 6.45) is -2.41. The molecule has 2 aliphatic heterocycles. The van der Waals surface area contributed by atoms with Gasteiger partial charge in [0.25, 0.3) is 0 Å². The number of ether oxygens (including phenoxy) is 3. The molecule has 0 saturated carbocycles. The van der Waals surface area contributed by atoms with E-state index in [9.17, 15) is 67.3 Å². The number of hydrogen-bond acceptors (Lipinski definition) is 19. The highest BCUT2D eigenvalue weighted by Crippen LogP contribution is 2.49. The minimum Gasteiger partial charge on any atom is -0.481 e. The van der Waals surface area contributed by atoms with Crippen LogP contribution < -0.4 is 43.0 Å². The second-order valence-electron chi connectivity index (χ2n) is 27.0. The lowest BCUT2D eigenvalue weighted by molar-refractivity contribution is -0.148. The molecule has 11 N–H and O–H groups in total. The predicted octanol–water partition coefficient (Wildman–Crippen LogP) is 3.30. The smallest absolute Gasteiger partial charge is 0.473 e. The fourth-order valence-electron chi connectivity index (χ4n) is 12.3. The van der Waals surface area contributed by atoms with Crippen LogP contribution in [0.2, 0.25) is 0 Å². The van der Waals surface area contributed by atoms with Gasteiger partial charge in [-0.25, -0.2) is 9.36 Å². The van der Waals surface area contributed by atoms with Gasteiger partial charge in [0.05, 0.1) is 74.4 Å². The van der Waals surface area contributed by atoms with Crippen molar-refractivity contribution in [3.8, 4) is 0 Å². The van der Waals surface area contributed by atoms with Crippen molar-refractivity contribution >= 4 is 78.6 Å². The van der Waals surface area contributed by atoms with Gasteiger partial charge in [0.1, 0.15) is 36.3 Å². The molecule has 0 aliphatic carbocycles.